The number of aryl methyl sites for hydroxylation is 1. The smallest absolute Gasteiger partial charge is 0.354 e. The van der Waals surface area contributed by atoms with Gasteiger partial charge in [-0.25, -0.2) is 4.79 Å². The molecule has 0 amide bonds. The summed E-state index contributed by atoms with van der Waals surface area (Å²) in [7, 11) is 1.56. The Labute approximate surface area is 231 Å². The van der Waals surface area contributed by atoms with Crippen molar-refractivity contribution in [1.29, 1.82) is 0 Å². The summed E-state index contributed by atoms with van der Waals surface area (Å²) >= 11 is 1.25. The molecule has 5 aromatic rings. The minimum absolute atomic E-state index is 0.0639. The average Bonchev–Trinajstić information content (AvgIpc) is 3.34. The molecule has 0 atom stereocenters. The van der Waals surface area contributed by atoms with E-state index in [0.717, 1.165) is 58.0 Å². The molecule has 0 aliphatic carbocycles. The summed E-state index contributed by atoms with van der Waals surface area (Å²) in [6.07, 6.45) is 3.70. The van der Waals surface area contributed by atoms with Crippen molar-refractivity contribution in [2.24, 2.45) is 0 Å². The van der Waals surface area contributed by atoms with Crippen molar-refractivity contribution in [3.63, 3.8) is 0 Å². The minimum Gasteiger partial charge on any atom is -0.493 e. The highest BCUT2D eigenvalue weighted by Gasteiger charge is 2.25. The number of methoxy groups -OCH3 is 1. The van der Waals surface area contributed by atoms with E-state index >= 15 is 0 Å². The summed E-state index contributed by atoms with van der Waals surface area (Å²) in [5, 5.41) is 12.4. The third kappa shape index (κ3) is 5.14. The zero-order chi connectivity index (χ0) is 27.5. The van der Waals surface area contributed by atoms with Crippen molar-refractivity contribution >= 4 is 32.9 Å². The van der Waals surface area contributed by atoms with Crippen LogP contribution in [0, 0.1) is 6.92 Å². The molecule has 7 heteroatoms. The maximum absolute atomic E-state index is 13.4. The Bertz CT molecular complexity index is 1730. The number of thiazole rings is 1. The molecule has 0 fully saturated rings. The molecule has 39 heavy (non-hydrogen) atoms. The molecule has 6 nitrogen and oxygen atoms in total. The van der Waals surface area contributed by atoms with Gasteiger partial charge in [-0.05, 0) is 59.0 Å². The van der Waals surface area contributed by atoms with Gasteiger partial charge in [0.2, 0.25) is 0 Å². The predicted molar refractivity (Wildman–Crippen MR) is 157 cm³/mol. The first-order valence-corrected chi connectivity index (χ1v) is 13.9. The van der Waals surface area contributed by atoms with E-state index in [2.05, 4.69) is 25.1 Å². The highest BCUT2D eigenvalue weighted by molar-refractivity contribution is 7.21. The number of carbonyl (C=O) groups is 1. The van der Waals surface area contributed by atoms with Crippen LogP contribution in [0.1, 0.15) is 53.4 Å². The number of rotatable bonds is 10. The Morgan fingerprint density at radius 3 is 2.54 bits per heavy atom. The zero-order valence-electron chi connectivity index (χ0n) is 22.3. The second-order valence-corrected chi connectivity index (χ2v) is 10.6. The van der Waals surface area contributed by atoms with Crippen LogP contribution >= 0.6 is 11.3 Å². The van der Waals surface area contributed by atoms with Crippen molar-refractivity contribution in [3.05, 3.63) is 99.5 Å². The van der Waals surface area contributed by atoms with E-state index in [-0.39, 0.29) is 5.69 Å². The third-order valence-corrected chi connectivity index (χ3v) is 8.15. The summed E-state index contributed by atoms with van der Waals surface area (Å²) in [4.78, 5) is 26.9. The number of ether oxygens (including phenoxy) is 2. The summed E-state index contributed by atoms with van der Waals surface area (Å²) in [6.45, 7) is 4.74. The number of nitrogens with zero attached hydrogens (tertiary/aromatic N) is 1. The van der Waals surface area contributed by atoms with Gasteiger partial charge in [0.15, 0.2) is 11.4 Å². The average molecular weight is 542 g/mol. The largest absolute Gasteiger partial charge is 0.493 e. The molecule has 5 rings (SSSR count). The molecule has 0 spiro atoms. The Hall–Kier alpha value is -4.10. The lowest BCUT2D eigenvalue weighted by molar-refractivity contribution is 0.0690. The summed E-state index contributed by atoms with van der Waals surface area (Å²) in [6, 6.07) is 21.4. The second-order valence-electron chi connectivity index (χ2n) is 9.62. The molecule has 0 aliphatic heterocycles. The molecule has 0 saturated heterocycles. The topological polar surface area (TPSA) is 77.2 Å². The van der Waals surface area contributed by atoms with E-state index in [0.29, 0.717) is 28.5 Å². The number of pyridine rings is 1. The summed E-state index contributed by atoms with van der Waals surface area (Å²) in [5.41, 5.74) is 2.95. The van der Waals surface area contributed by atoms with Gasteiger partial charge in [-0.3, -0.25) is 9.20 Å². The Morgan fingerprint density at radius 2 is 1.79 bits per heavy atom. The fourth-order valence-corrected chi connectivity index (χ4v) is 6.34. The van der Waals surface area contributed by atoms with Crippen LogP contribution in [0.25, 0.3) is 26.0 Å². The van der Waals surface area contributed by atoms with E-state index in [1.807, 2.05) is 49.4 Å². The van der Waals surface area contributed by atoms with Crippen molar-refractivity contribution in [2.75, 3.05) is 13.7 Å². The first kappa shape index (κ1) is 26.5. The number of carboxylic acids is 1. The summed E-state index contributed by atoms with van der Waals surface area (Å²) < 4.78 is 13.0. The maximum atomic E-state index is 13.4. The van der Waals surface area contributed by atoms with E-state index in [1.54, 1.807) is 7.11 Å². The van der Waals surface area contributed by atoms with Crippen LogP contribution in [-0.4, -0.2) is 29.2 Å². The van der Waals surface area contributed by atoms with Gasteiger partial charge < -0.3 is 14.6 Å². The molecular formula is C32H31NO5S. The highest BCUT2D eigenvalue weighted by atomic mass is 32.1. The van der Waals surface area contributed by atoms with Gasteiger partial charge in [0.05, 0.1) is 18.6 Å². The Balaban J connectivity index is 1.61. The first-order valence-electron chi connectivity index (χ1n) is 13.1. The van der Waals surface area contributed by atoms with Crippen molar-refractivity contribution in [1.82, 2.24) is 4.40 Å². The molecule has 3 aromatic carbocycles. The number of hydrogen-bond acceptors (Lipinski definition) is 5. The maximum Gasteiger partial charge on any atom is 0.354 e. The third-order valence-electron chi connectivity index (χ3n) is 6.95. The van der Waals surface area contributed by atoms with Gasteiger partial charge in [0.25, 0.3) is 5.56 Å². The van der Waals surface area contributed by atoms with Crippen LogP contribution in [-0.2, 0) is 6.42 Å². The molecule has 200 valence electrons. The monoisotopic (exact) mass is 541 g/mol. The fourth-order valence-electron chi connectivity index (χ4n) is 5.05. The molecule has 1 N–H and O–H groups in total. The van der Waals surface area contributed by atoms with Gasteiger partial charge >= 0.3 is 5.97 Å². The molecule has 0 unspecified atom stereocenters. The van der Waals surface area contributed by atoms with Gasteiger partial charge in [-0.15, -0.1) is 11.3 Å². The van der Waals surface area contributed by atoms with Crippen LogP contribution < -0.4 is 15.0 Å². The molecule has 2 heterocycles. The van der Waals surface area contributed by atoms with Crippen molar-refractivity contribution < 1.29 is 19.4 Å². The van der Waals surface area contributed by atoms with Crippen LogP contribution in [0.5, 0.6) is 11.5 Å². The molecular weight excluding hydrogens is 510 g/mol. The number of fused-ring (bicyclic) bond motifs is 2. The molecule has 0 bridgehead atoms. The van der Waals surface area contributed by atoms with E-state index in [9.17, 15) is 14.7 Å². The predicted octanol–water partition coefficient (Wildman–Crippen LogP) is 7.36. The van der Waals surface area contributed by atoms with Crippen LogP contribution in [0.2, 0.25) is 0 Å². The number of hydrogen-bond donors (Lipinski definition) is 1. The lowest BCUT2D eigenvalue weighted by Gasteiger charge is -2.12. The van der Waals surface area contributed by atoms with E-state index in [4.69, 9.17) is 9.47 Å². The minimum atomic E-state index is -1.17. The normalized spacial score (nSPS) is 11.3. The molecule has 2 aromatic heterocycles. The van der Waals surface area contributed by atoms with E-state index < -0.39 is 11.5 Å². The highest BCUT2D eigenvalue weighted by Crippen LogP contribution is 2.40. The number of carboxylic acid groups (broad SMARTS) is 1. The van der Waals surface area contributed by atoms with Crippen LogP contribution in [0.3, 0.4) is 0 Å². The van der Waals surface area contributed by atoms with Gasteiger partial charge in [0.1, 0.15) is 10.6 Å². The number of unbranched alkanes of at least 4 members (excludes halogenated alkanes) is 2. The van der Waals surface area contributed by atoms with Crippen molar-refractivity contribution in [2.45, 2.75) is 39.5 Å². The summed E-state index contributed by atoms with van der Waals surface area (Å²) in [5.74, 6) is 0.119. The van der Waals surface area contributed by atoms with E-state index in [1.165, 1.54) is 21.8 Å². The van der Waals surface area contributed by atoms with Crippen LogP contribution in [0.4, 0.5) is 0 Å². The molecule has 0 radical (unpaired) electrons. The number of aromatic carboxylic acids is 1. The standard InChI is InChI=1S/C32H31NO5S/c1-4-5-8-16-38-26-15-14-23(17-20(26)2)30-28(32(35)36)33-27(34)19-24(29(37-3)31(33)39-30)18-22-12-9-11-21-10-6-7-13-25(21)22/h6-7,9-15,17,19H,4-5,8,16,18H2,1-3H3,(H,35,36). The SMILES string of the molecule is CCCCCOc1ccc(-c2sc3c(OC)c(Cc4cccc5ccccc45)cc(=O)n3c2C(=O)O)cc1C. The van der Waals surface area contributed by atoms with Crippen molar-refractivity contribution in [3.8, 4) is 21.9 Å². The second kappa shape index (κ2) is 11.3. The number of benzene rings is 3. The van der Waals surface area contributed by atoms with Gasteiger partial charge in [-0.2, -0.15) is 0 Å². The quantitative estimate of drug-likeness (QED) is 0.187. The molecule has 0 aliphatic rings. The van der Waals surface area contributed by atoms with Gasteiger partial charge in [-0.1, -0.05) is 62.2 Å². The van der Waals surface area contributed by atoms with Crippen LogP contribution in [0.15, 0.2) is 71.5 Å². The Kier molecular flexibility index (Phi) is 7.70. The molecule has 0 saturated carbocycles. The lowest BCUT2D eigenvalue weighted by Crippen LogP contribution is -2.19. The Morgan fingerprint density at radius 1 is 1.00 bits per heavy atom. The zero-order valence-corrected chi connectivity index (χ0v) is 23.1. The number of aromatic nitrogens is 1. The lowest BCUT2D eigenvalue weighted by atomic mass is 9.98. The fraction of sp³-hybridized carbons (Fsp3) is 0.250. The van der Waals surface area contributed by atoms with Gasteiger partial charge in [0, 0.05) is 18.1 Å². The first-order chi connectivity index (χ1) is 18.9.